The summed E-state index contributed by atoms with van der Waals surface area (Å²) >= 11 is 0. The molecule has 0 saturated heterocycles. The molecule has 160 valence electrons. The van der Waals surface area contributed by atoms with Crippen LogP contribution in [0.1, 0.15) is 26.4 Å². The first-order valence-electron chi connectivity index (χ1n) is 9.22. The van der Waals surface area contributed by atoms with Crippen LogP contribution in [-0.4, -0.2) is 60.9 Å². The molecule has 2 aromatic carbocycles. The topological polar surface area (TPSA) is 117 Å². The predicted molar refractivity (Wildman–Crippen MR) is 112 cm³/mol. The number of carbonyl (C=O) groups excluding carboxylic acids is 2. The van der Waals surface area contributed by atoms with Gasteiger partial charge in [-0.25, -0.2) is 0 Å². The maximum absolute atomic E-state index is 12.5. The van der Waals surface area contributed by atoms with Gasteiger partial charge in [-0.1, -0.05) is 4.79 Å². The van der Waals surface area contributed by atoms with Crippen LogP contribution >= 0.6 is 0 Å². The molecule has 0 radical (unpaired) electrons. The number of ether oxygens (including phenoxy) is 3. The molecule has 31 heavy (non-hydrogen) atoms. The lowest BCUT2D eigenvalue weighted by molar-refractivity contribution is 0.0898. The minimum absolute atomic E-state index is 0.0500. The van der Waals surface area contributed by atoms with Gasteiger partial charge in [-0.05, 0) is 59.3 Å². The highest BCUT2D eigenvalue weighted by Gasteiger charge is 2.22. The van der Waals surface area contributed by atoms with Gasteiger partial charge in [-0.3, -0.25) is 9.59 Å². The molecule has 0 aliphatic heterocycles. The van der Waals surface area contributed by atoms with E-state index in [-0.39, 0.29) is 24.0 Å². The van der Waals surface area contributed by atoms with Crippen molar-refractivity contribution >= 4 is 17.9 Å². The Morgan fingerprint density at radius 2 is 1.65 bits per heavy atom. The van der Waals surface area contributed by atoms with Crippen LogP contribution in [0.15, 0.2) is 53.6 Å². The van der Waals surface area contributed by atoms with E-state index in [1.165, 1.54) is 13.3 Å². The van der Waals surface area contributed by atoms with Crippen LogP contribution in [-0.2, 0) is 0 Å². The van der Waals surface area contributed by atoms with Crippen LogP contribution in [0.3, 0.4) is 0 Å². The molecule has 3 rings (SSSR count). The molecule has 0 spiro atoms. The zero-order valence-corrected chi connectivity index (χ0v) is 17.2. The molecule has 0 saturated carbocycles. The van der Waals surface area contributed by atoms with Crippen LogP contribution < -0.4 is 19.5 Å². The van der Waals surface area contributed by atoms with Crippen molar-refractivity contribution in [1.82, 2.24) is 20.4 Å². The summed E-state index contributed by atoms with van der Waals surface area (Å²) in [7, 11) is 4.57. The summed E-state index contributed by atoms with van der Waals surface area (Å²) in [5, 5.41) is 14.3. The van der Waals surface area contributed by atoms with Gasteiger partial charge >= 0.3 is 0 Å². The van der Waals surface area contributed by atoms with E-state index in [1.54, 1.807) is 62.8 Å². The summed E-state index contributed by atoms with van der Waals surface area (Å²) in [5.74, 6) is 0.483. The van der Waals surface area contributed by atoms with Crippen LogP contribution in [0.4, 0.5) is 0 Å². The number of benzene rings is 2. The average molecular weight is 423 g/mol. The Hall–Kier alpha value is -4.21. The zero-order chi connectivity index (χ0) is 22.2. The molecule has 0 atom stereocenters. The van der Waals surface area contributed by atoms with Crippen molar-refractivity contribution in [1.29, 1.82) is 0 Å². The number of hydrogen-bond donors (Lipinski definition) is 1. The summed E-state index contributed by atoms with van der Waals surface area (Å²) in [6.07, 6.45) is 1.51. The van der Waals surface area contributed by atoms with Gasteiger partial charge in [-0.15, -0.1) is 5.10 Å². The molecule has 0 aliphatic rings. The average Bonchev–Trinajstić information content (AvgIpc) is 3.23. The van der Waals surface area contributed by atoms with E-state index in [0.29, 0.717) is 17.1 Å². The van der Waals surface area contributed by atoms with Crippen LogP contribution in [0.5, 0.6) is 17.4 Å². The first-order valence-corrected chi connectivity index (χ1v) is 9.22. The highest BCUT2D eigenvalue weighted by Crippen LogP contribution is 2.18. The van der Waals surface area contributed by atoms with Crippen LogP contribution in [0, 0.1) is 0 Å². The summed E-state index contributed by atoms with van der Waals surface area (Å²) in [4.78, 5) is 25.6. The number of rotatable bonds is 9. The molecule has 0 aliphatic carbocycles. The fourth-order valence-corrected chi connectivity index (χ4v) is 2.53. The number of nitrogens with one attached hydrogen (secondary N) is 1. The number of Topliss-reactive ketones (excluding diaryl/α,β-unsaturated/α-hetero) is 1. The molecule has 1 amide bonds. The molecule has 3 aromatic rings. The van der Waals surface area contributed by atoms with E-state index in [4.69, 9.17) is 14.2 Å². The van der Waals surface area contributed by atoms with Crippen molar-refractivity contribution in [3.8, 4) is 17.4 Å². The van der Waals surface area contributed by atoms with Crippen molar-refractivity contribution in [3.63, 3.8) is 0 Å². The predicted octanol–water partition coefficient (Wildman–Crippen LogP) is 1.80. The van der Waals surface area contributed by atoms with Gasteiger partial charge in [0.25, 0.3) is 11.8 Å². The molecule has 1 aromatic heterocycles. The fraction of sp³-hybridized carbons (Fsp3) is 0.190. The van der Waals surface area contributed by atoms with Crippen molar-refractivity contribution in [2.75, 3.05) is 27.9 Å². The number of carbonyl (C=O) groups is 2. The summed E-state index contributed by atoms with van der Waals surface area (Å²) in [5.41, 5.74) is 1.11. The molecule has 0 bridgehead atoms. The van der Waals surface area contributed by atoms with Crippen molar-refractivity contribution < 1.29 is 23.8 Å². The lowest BCUT2D eigenvalue weighted by Crippen LogP contribution is -2.21. The van der Waals surface area contributed by atoms with Gasteiger partial charge in [0.15, 0.2) is 12.4 Å². The highest BCUT2D eigenvalue weighted by molar-refractivity contribution is 5.98. The summed E-state index contributed by atoms with van der Waals surface area (Å²) in [6, 6.07) is 13.8. The minimum Gasteiger partial charge on any atom is -0.497 e. The molecular formula is C21H21N5O5. The number of hydrogen-bond acceptors (Lipinski definition) is 8. The Morgan fingerprint density at radius 1 is 1.03 bits per heavy atom. The van der Waals surface area contributed by atoms with E-state index >= 15 is 0 Å². The molecule has 0 unspecified atom stereocenters. The van der Waals surface area contributed by atoms with Crippen LogP contribution in [0.2, 0.25) is 0 Å². The van der Waals surface area contributed by atoms with Gasteiger partial charge in [0.1, 0.15) is 11.5 Å². The van der Waals surface area contributed by atoms with Crippen molar-refractivity contribution in [3.05, 3.63) is 65.4 Å². The van der Waals surface area contributed by atoms with E-state index in [0.717, 1.165) is 10.4 Å². The standard InChI is InChI=1S/C21H21N5O5/c1-22-20(28)19-21(31-13-18(27)15-6-10-17(30-3)11-7-15)26(25-24-19)23-12-14-4-8-16(29-2)9-5-14/h4-12H,13H2,1-3H3,(H,22,28)/b23-12-. The molecule has 10 nitrogen and oxygen atoms in total. The van der Waals surface area contributed by atoms with Crippen molar-refractivity contribution in [2.24, 2.45) is 5.10 Å². The quantitative estimate of drug-likeness (QED) is 0.412. The second kappa shape index (κ2) is 10.0. The van der Waals surface area contributed by atoms with Gasteiger partial charge < -0.3 is 19.5 Å². The van der Waals surface area contributed by atoms with E-state index in [9.17, 15) is 9.59 Å². The van der Waals surface area contributed by atoms with Gasteiger partial charge in [0, 0.05) is 12.6 Å². The Bertz CT molecular complexity index is 1070. The first-order chi connectivity index (χ1) is 15.0. The van der Waals surface area contributed by atoms with Crippen LogP contribution in [0.25, 0.3) is 0 Å². The maximum atomic E-state index is 12.5. The van der Waals surface area contributed by atoms with E-state index in [1.807, 2.05) is 0 Å². The monoisotopic (exact) mass is 423 g/mol. The van der Waals surface area contributed by atoms with E-state index < -0.39 is 5.91 Å². The third-order valence-electron chi connectivity index (χ3n) is 4.24. The van der Waals surface area contributed by atoms with E-state index in [2.05, 4.69) is 20.7 Å². The third kappa shape index (κ3) is 5.24. The second-order valence-electron chi connectivity index (χ2n) is 6.17. The Balaban J connectivity index is 1.79. The largest absolute Gasteiger partial charge is 0.497 e. The zero-order valence-electron chi connectivity index (χ0n) is 17.2. The summed E-state index contributed by atoms with van der Waals surface area (Å²) < 4.78 is 15.8. The summed E-state index contributed by atoms with van der Waals surface area (Å²) in [6.45, 7) is -0.332. The molecule has 1 heterocycles. The molecule has 1 N–H and O–H groups in total. The lowest BCUT2D eigenvalue weighted by Gasteiger charge is -2.07. The number of ketones is 1. The Kier molecular flexibility index (Phi) is 6.94. The number of amides is 1. The second-order valence-corrected chi connectivity index (χ2v) is 6.17. The lowest BCUT2D eigenvalue weighted by atomic mass is 10.1. The number of aromatic nitrogens is 3. The smallest absolute Gasteiger partial charge is 0.277 e. The first kappa shape index (κ1) is 21.5. The molecular weight excluding hydrogens is 402 g/mol. The molecule has 0 fully saturated rings. The van der Waals surface area contributed by atoms with Gasteiger partial charge in [-0.2, -0.15) is 5.10 Å². The number of nitrogens with zero attached hydrogens (tertiary/aromatic N) is 4. The molecule has 10 heteroatoms. The SMILES string of the molecule is CNC(=O)c1nnn(/N=C\c2ccc(OC)cc2)c1OCC(=O)c1ccc(OC)cc1. The van der Waals surface area contributed by atoms with Crippen molar-refractivity contribution in [2.45, 2.75) is 0 Å². The number of methoxy groups -OCH3 is 2. The maximum Gasteiger partial charge on any atom is 0.277 e. The third-order valence-corrected chi connectivity index (χ3v) is 4.24. The minimum atomic E-state index is -0.516. The van der Waals surface area contributed by atoms with Gasteiger partial charge in [0.2, 0.25) is 5.69 Å². The highest BCUT2D eigenvalue weighted by atomic mass is 16.5. The Labute approximate surface area is 178 Å². The Morgan fingerprint density at radius 3 is 2.23 bits per heavy atom. The van der Waals surface area contributed by atoms with Gasteiger partial charge in [0.05, 0.1) is 20.4 Å². The normalized spacial score (nSPS) is 10.7. The fourth-order valence-electron chi connectivity index (χ4n) is 2.53.